The molecule has 0 unspecified atom stereocenters. The van der Waals surface area contributed by atoms with Gasteiger partial charge in [0.05, 0.1) is 0 Å². The number of rotatable bonds is 2. The quantitative estimate of drug-likeness (QED) is 0.760. The maximum Gasteiger partial charge on any atom is 0.265 e. The highest BCUT2D eigenvalue weighted by atomic mass is 16.3. The van der Waals surface area contributed by atoms with E-state index >= 15 is 0 Å². The molecule has 3 aromatic rings. The number of anilines is 1. The minimum Gasteiger partial charge on any atom is -0.372 e. The molecule has 0 aromatic heterocycles. The standard InChI is InChI=1S/C20H15NO2/c22-19(21-14-8-2-1-3-9-14)20(23)17-12-6-4-10-15(17)16-11-5-7-13-18(16)20/h1-13,23H,(H,21,22). The predicted octanol–water partition coefficient (Wildman–Crippen LogP) is 3.54. The van der Waals surface area contributed by atoms with E-state index < -0.39 is 11.5 Å². The Morgan fingerprint density at radius 2 is 1.22 bits per heavy atom. The number of benzene rings is 3. The molecule has 4 rings (SSSR count). The number of fused-ring (bicyclic) bond motifs is 3. The van der Waals surface area contributed by atoms with Crippen molar-refractivity contribution in [2.45, 2.75) is 5.60 Å². The third kappa shape index (κ3) is 1.98. The van der Waals surface area contributed by atoms with Gasteiger partial charge in [0.15, 0.2) is 5.60 Å². The van der Waals surface area contributed by atoms with Gasteiger partial charge in [-0.05, 0) is 23.3 Å². The highest BCUT2D eigenvalue weighted by Gasteiger charge is 2.47. The number of aliphatic hydroxyl groups is 1. The van der Waals surface area contributed by atoms with Gasteiger partial charge in [0.1, 0.15) is 0 Å². The van der Waals surface area contributed by atoms with E-state index in [-0.39, 0.29) is 0 Å². The van der Waals surface area contributed by atoms with Crippen molar-refractivity contribution in [3.63, 3.8) is 0 Å². The van der Waals surface area contributed by atoms with E-state index in [1.165, 1.54) is 0 Å². The number of amides is 1. The minimum absolute atomic E-state index is 0.443. The molecule has 3 heteroatoms. The van der Waals surface area contributed by atoms with Crippen molar-refractivity contribution >= 4 is 11.6 Å². The van der Waals surface area contributed by atoms with Crippen LogP contribution in [0.2, 0.25) is 0 Å². The first-order valence-corrected chi connectivity index (χ1v) is 7.49. The Morgan fingerprint density at radius 3 is 1.78 bits per heavy atom. The van der Waals surface area contributed by atoms with E-state index in [2.05, 4.69) is 5.32 Å². The molecular formula is C20H15NO2. The van der Waals surface area contributed by atoms with Crippen LogP contribution in [0.4, 0.5) is 5.69 Å². The average molecular weight is 301 g/mol. The summed E-state index contributed by atoms with van der Waals surface area (Å²) in [5, 5.41) is 14.1. The first-order chi connectivity index (χ1) is 11.2. The van der Waals surface area contributed by atoms with Crippen LogP contribution in [0, 0.1) is 0 Å². The van der Waals surface area contributed by atoms with E-state index in [0.29, 0.717) is 16.8 Å². The van der Waals surface area contributed by atoms with Crippen molar-refractivity contribution < 1.29 is 9.90 Å². The van der Waals surface area contributed by atoms with Crippen molar-refractivity contribution in [3.8, 4) is 11.1 Å². The zero-order valence-corrected chi connectivity index (χ0v) is 12.4. The summed E-state index contributed by atoms with van der Waals surface area (Å²) in [6, 6.07) is 24.1. The van der Waals surface area contributed by atoms with Gasteiger partial charge in [0, 0.05) is 16.8 Å². The molecular weight excluding hydrogens is 286 g/mol. The van der Waals surface area contributed by atoms with Crippen molar-refractivity contribution in [1.29, 1.82) is 0 Å². The van der Waals surface area contributed by atoms with Gasteiger partial charge in [-0.3, -0.25) is 4.79 Å². The number of carbonyl (C=O) groups is 1. The Morgan fingerprint density at radius 1 is 0.739 bits per heavy atom. The molecule has 23 heavy (non-hydrogen) atoms. The fraction of sp³-hybridized carbons (Fsp3) is 0.0500. The van der Waals surface area contributed by atoms with Crippen molar-refractivity contribution in [3.05, 3.63) is 90.0 Å². The summed E-state index contributed by atoms with van der Waals surface area (Å²) in [6.45, 7) is 0. The molecule has 0 spiro atoms. The summed E-state index contributed by atoms with van der Waals surface area (Å²) in [5.41, 5.74) is 2.02. The second-order valence-corrected chi connectivity index (χ2v) is 5.62. The molecule has 0 fully saturated rings. The zero-order valence-electron chi connectivity index (χ0n) is 12.4. The van der Waals surface area contributed by atoms with Gasteiger partial charge in [-0.1, -0.05) is 66.7 Å². The molecule has 0 atom stereocenters. The molecule has 0 bridgehead atoms. The lowest BCUT2D eigenvalue weighted by Gasteiger charge is -2.24. The first kappa shape index (κ1) is 13.7. The van der Waals surface area contributed by atoms with Crippen LogP contribution in [0.3, 0.4) is 0 Å². The number of hydrogen-bond acceptors (Lipinski definition) is 2. The van der Waals surface area contributed by atoms with E-state index in [1.807, 2.05) is 54.6 Å². The molecule has 0 saturated carbocycles. The van der Waals surface area contributed by atoms with Gasteiger partial charge >= 0.3 is 0 Å². The normalized spacial score (nSPS) is 14.0. The van der Waals surface area contributed by atoms with Gasteiger partial charge in [0.25, 0.3) is 5.91 Å². The fourth-order valence-corrected chi connectivity index (χ4v) is 3.20. The monoisotopic (exact) mass is 301 g/mol. The van der Waals surface area contributed by atoms with Gasteiger partial charge in [0.2, 0.25) is 0 Å². The number of hydrogen-bond donors (Lipinski definition) is 2. The summed E-state index contributed by atoms with van der Waals surface area (Å²) in [6.07, 6.45) is 0. The van der Waals surface area contributed by atoms with E-state index in [1.54, 1.807) is 24.3 Å². The maximum absolute atomic E-state index is 12.9. The van der Waals surface area contributed by atoms with Crippen LogP contribution in [-0.2, 0) is 10.4 Å². The summed E-state index contributed by atoms with van der Waals surface area (Å²) in [4.78, 5) is 12.9. The fourth-order valence-electron chi connectivity index (χ4n) is 3.20. The van der Waals surface area contributed by atoms with Crippen LogP contribution >= 0.6 is 0 Å². The molecule has 2 N–H and O–H groups in total. The number of para-hydroxylation sites is 1. The third-order valence-electron chi connectivity index (χ3n) is 4.28. The number of carbonyl (C=O) groups excluding carboxylic acids is 1. The second kappa shape index (κ2) is 5.07. The molecule has 3 aromatic carbocycles. The molecule has 0 heterocycles. The van der Waals surface area contributed by atoms with Crippen LogP contribution in [0.5, 0.6) is 0 Å². The average Bonchev–Trinajstić information content (AvgIpc) is 2.87. The van der Waals surface area contributed by atoms with E-state index in [0.717, 1.165) is 11.1 Å². The van der Waals surface area contributed by atoms with Crippen LogP contribution in [-0.4, -0.2) is 11.0 Å². The molecule has 0 saturated heterocycles. The Hall–Kier alpha value is -2.91. The summed E-state index contributed by atoms with van der Waals surface area (Å²) in [7, 11) is 0. The highest BCUT2D eigenvalue weighted by Crippen LogP contribution is 2.47. The minimum atomic E-state index is -1.68. The van der Waals surface area contributed by atoms with E-state index in [4.69, 9.17) is 0 Å². The van der Waals surface area contributed by atoms with Crippen LogP contribution in [0.15, 0.2) is 78.9 Å². The van der Waals surface area contributed by atoms with Gasteiger partial charge in [-0.15, -0.1) is 0 Å². The largest absolute Gasteiger partial charge is 0.372 e. The summed E-state index contributed by atoms with van der Waals surface area (Å²) < 4.78 is 0. The Balaban J connectivity index is 1.85. The van der Waals surface area contributed by atoms with Gasteiger partial charge in [-0.25, -0.2) is 0 Å². The molecule has 3 nitrogen and oxygen atoms in total. The maximum atomic E-state index is 12.9. The SMILES string of the molecule is O=C(Nc1ccccc1)C1(O)c2ccccc2-c2ccccc21. The Kier molecular flexibility index (Phi) is 3.03. The smallest absolute Gasteiger partial charge is 0.265 e. The van der Waals surface area contributed by atoms with Crippen molar-refractivity contribution in [2.24, 2.45) is 0 Å². The van der Waals surface area contributed by atoms with Gasteiger partial charge < -0.3 is 10.4 Å². The van der Waals surface area contributed by atoms with Crippen LogP contribution < -0.4 is 5.32 Å². The van der Waals surface area contributed by atoms with Crippen molar-refractivity contribution in [1.82, 2.24) is 0 Å². The van der Waals surface area contributed by atoms with E-state index in [9.17, 15) is 9.90 Å². The molecule has 0 radical (unpaired) electrons. The second-order valence-electron chi connectivity index (χ2n) is 5.62. The molecule has 0 aliphatic heterocycles. The van der Waals surface area contributed by atoms with Crippen LogP contribution in [0.1, 0.15) is 11.1 Å². The third-order valence-corrected chi connectivity index (χ3v) is 4.28. The number of nitrogens with one attached hydrogen (secondary N) is 1. The molecule has 1 amide bonds. The Labute approximate surface area is 134 Å². The molecule has 1 aliphatic rings. The van der Waals surface area contributed by atoms with Gasteiger partial charge in [-0.2, -0.15) is 0 Å². The summed E-state index contributed by atoms with van der Waals surface area (Å²) in [5.74, 6) is -0.443. The summed E-state index contributed by atoms with van der Waals surface area (Å²) >= 11 is 0. The lowest BCUT2D eigenvalue weighted by atomic mass is 9.90. The lowest BCUT2D eigenvalue weighted by molar-refractivity contribution is -0.130. The predicted molar refractivity (Wildman–Crippen MR) is 89.9 cm³/mol. The lowest BCUT2D eigenvalue weighted by Crippen LogP contribution is -2.39. The highest BCUT2D eigenvalue weighted by molar-refractivity contribution is 6.05. The molecule has 112 valence electrons. The zero-order chi connectivity index (χ0) is 15.9. The van der Waals surface area contributed by atoms with Crippen molar-refractivity contribution in [2.75, 3.05) is 5.32 Å². The topological polar surface area (TPSA) is 49.3 Å². The molecule has 1 aliphatic carbocycles. The first-order valence-electron chi connectivity index (χ1n) is 7.49. The van der Waals surface area contributed by atoms with Crippen LogP contribution in [0.25, 0.3) is 11.1 Å². The Bertz CT molecular complexity index is 841.